The maximum Gasteiger partial charge on any atom is 0.108 e. The summed E-state index contributed by atoms with van der Waals surface area (Å²) in [4.78, 5) is 2.29. The predicted molar refractivity (Wildman–Crippen MR) is 92.4 cm³/mol. The quantitative estimate of drug-likeness (QED) is 0.889. The van der Waals surface area contributed by atoms with E-state index in [4.69, 9.17) is 4.74 Å². The van der Waals surface area contributed by atoms with Crippen molar-refractivity contribution in [3.8, 4) is 0 Å². The molecule has 23 heavy (non-hydrogen) atoms. The monoisotopic (exact) mass is 311 g/mol. The molecule has 122 valence electrons. The van der Waals surface area contributed by atoms with E-state index in [0.717, 1.165) is 32.5 Å². The van der Waals surface area contributed by atoms with Crippen LogP contribution in [0.3, 0.4) is 0 Å². The fraction of sp³-hybridized carbons (Fsp3) is 0.400. The lowest BCUT2D eigenvalue weighted by molar-refractivity contribution is 0.0278. The molecule has 3 nitrogen and oxygen atoms in total. The molecular formula is C20H25NO2. The molecule has 0 spiro atoms. The Labute approximate surface area is 138 Å². The van der Waals surface area contributed by atoms with E-state index in [1.54, 1.807) is 0 Å². The molecule has 0 aromatic heterocycles. The minimum atomic E-state index is -0.178. The van der Waals surface area contributed by atoms with Gasteiger partial charge in [-0.1, -0.05) is 60.7 Å². The molecule has 2 aromatic carbocycles. The first-order chi connectivity index (χ1) is 11.3. The second-order valence-electron chi connectivity index (χ2n) is 6.17. The summed E-state index contributed by atoms with van der Waals surface area (Å²) >= 11 is 0. The molecule has 1 unspecified atom stereocenters. The smallest absolute Gasteiger partial charge is 0.108 e. The molecule has 1 atom stereocenters. The van der Waals surface area contributed by atoms with Crippen LogP contribution in [0.4, 0.5) is 0 Å². The molecule has 1 aliphatic heterocycles. The molecule has 3 rings (SSSR count). The van der Waals surface area contributed by atoms with E-state index in [2.05, 4.69) is 53.4 Å². The fourth-order valence-corrected chi connectivity index (χ4v) is 3.17. The number of piperidine rings is 1. The van der Waals surface area contributed by atoms with E-state index in [1.165, 1.54) is 11.1 Å². The molecule has 0 saturated carbocycles. The first-order valence-corrected chi connectivity index (χ1v) is 8.45. The summed E-state index contributed by atoms with van der Waals surface area (Å²) in [7, 11) is 0. The zero-order valence-electron chi connectivity index (χ0n) is 13.5. The van der Waals surface area contributed by atoms with Crippen LogP contribution in [0, 0.1) is 0 Å². The van der Waals surface area contributed by atoms with Crippen molar-refractivity contribution in [3.63, 3.8) is 0 Å². The lowest BCUT2D eigenvalue weighted by atomic mass is 10.0. The molecule has 1 fully saturated rings. The number of benzene rings is 2. The minimum absolute atomic E-state index is 0.0351. The average molecular weight is 311 g/mol. The van der Waals surface area contributed by atoms with Gasteiger partial charge in [0.2, 0.25) is 0 Å². The minimum Gasteiger partial charge on any atom is -0.392 e. The van der Waals surface area contributed by atoms with Gasteiger partial charge in [-0.15, -0.1) is 0 Å². The highest BCUT2D eigenvalue weighted by Gasteiger charge is 2.19. The fourth-order valence-electron chi connectivity index (χ4n) is 3.17. The lowest BCUT2D eigenvalue weighted by Crippen LogP contribution is -2.40. The molecule has 1 aliphatic rings. The van der Waals surface area contributed by atoms with Crippen molar-refractivity contribution < 1.29 is 9.84 Å². The lowest BCUT2D eigenvalue weighted by Gasteiger charge is -2.30. The number of nitrogens with zero attached hydrogens (tertiary/aromatic N) is 1. The van der Waals surface area contributed by atoms with E-state index in [-0.39, 0.29) is 12.2 Å². The molecule has 1 heterocycles. The highest BCUT2D eigenvalue weighted by Crippen LogP contribution is 2.25. The Hall–Kier alpha value is -1.68. The number of ether oxygens (including phenoxy) is 1. The molecular weight excluding hydrogens is 286 g/mol. The average Bonchev–Trinajstić information content (AvgIpc) is 2.60. The summed E-state index contributed by atoms with van der Waals surface area (Å²) in [6.07, 6.45) is 1.78. The highest BCUT2D eigenvalue weighted by molar-refractivity contribution is 5.29. The van der Waals surface area contributed by atoms with Gasteiger partial charge < -0.3 is 9.84 Å². The van der Waals surface area contributed by atoms with Gasteiger partial charge in [0, 0.05) is 13.1 Å². The third kappa shape index (κ3) is 4.64. The van der Waals surface area contributed by atoms with Gasteiger partial charge in [-0.25, -0.2) is 0 Å². The van der Waals surface area contributed by atoms with Gasteiger partial charge in [-0.2, -0.15) is 0 Å². The molecule has 0 bridgehead atoms. The van der Waals surface area contributed by atoms with E-state index in [1.807, 2.05) is 12.1 Å². The second kappa shape index (κ2) is 8.25. The van der Waals surface area contributed by atoms with Crippen LogP contribution >= 0.6 is 0 Å². The van der Waals surface area contributed by atoms with E-state index < -0.39 is 0 Å². The van der Waals surface area contributed by atoms with Crippen molar-refractivity contribution in [1.82, 2.24) is 4.90 Å². The topological polar surface area (TPSA) is 32.7 Å². The van der Waals surface area contributed by atoms with Crippen molar-refractivity contribution in [2.45, 2.75) is 25.0 Å². The molecule has 1 N–H and O–H groups in total. The molecule has 2 aromatic rings. The first-order valence-electron chi connectivity index (χ1n) is 8.45. The van der Waals surface area contributed by atoms with Gasteiger partial charge in [0.25, 0.3) is 0 Å². The van der Waals surface area contributed by atoms with E-state index in [0.29, 0.717) is 6.61 Å². The third-order valence-electron chi connectivity index (χ3n) is 4.38. The Kier molecular flexibility index (Phi) is 5.81. The van der Waals surface area contributed by atoms with Crippen molar-refractivity contribution in [2.24, 2.45) is 0 Å². The van der Waals surface area contributed by atoms with Gasteiger partial charge in [0.1, 0.15) is 6.10 Å². The molecule has 3 heteroatoms. The van der Waals surface area contributed by atoms with Crippen LogP contribution in [-0.4, -0.2) is 42.4 Å². The number of aliphatic hydroxyl groups excluding tert-OH is 1. The summed E-state index contributed by atoms with van der Waals surface area (Å²) in [6, 6.07) is 20.7. The Morgan fingerprint density at radius 1 is 1.00 bits per heavy atom. The summed E-state index contributed by atoms with van der Waals surface area (Å²) < 4.78 is 6.23. The maximum atomic E-state index is 9.76. The standard InChI is InChI=1S/C20H25NO2/c22-19-12-7-13-21(16-19)14-15-23-20(17-8-3-1-4-9-17)18-10-5-2-6-11-18/h1-6,8-11,19-20,22H,7,12-16H2. The van der Waals surface area contributed by atoms with Gasteiger partial charge >= 0.3 is 0 Å². The van der Waals surface area contributed by atoms with E-state index in [9.17, 15) is 5.11 Å². The zero-order chi connectivity index (χ0) is 15.9. The first kappa shape index (κ1) is 16.2. The van der Waals surface area contributed by atoms with Crippen molar-refractivity contribution in [1.29, 1.82) is 0 Å². The van der Waals surface area contributed by atoms with Crippen molar-refractivity contribution >= 4 is 0 Å². The number of hydrogen-bond donors (Lipinski definition) is 1. The Balaban J connectivity index is 1.63. The largest absolute Gasteiger partial charge is 0.392 e. The van der Waals surface area contributed by atoms with Gasteiger partial charge in [0.05, 0.1) is 12.7 Å². The van der Waals surface area contributed by atoms with E-state index >= 15 is 0 Å². The Morgan fingerprint density at radius 2 is 1.61 bits per heavy atom. The molecule has 0 radical (unpaired) electrons. The molecule has 0 amide bonds. The van der Waals surface area contributed by atoms with Crippen molar-refractivity contribution in [3.05, 3.63) is 71.8 Å². The zero-order valence-corrected chi connectivity index (χ0v) is 13.5. The predicted octanol–water partition coefficient (Wildman–Crippen LogP) is 3.25. The highest BCUT2D eigenvalue weighted by atomic mass is 16.5. The van der Waals surface area contributed by atoms with Gasteiger partial charge in [0.15, 0.2) is 0 Å². The SMILES string of the molecule is OC1CCCN(CCOC(c2ccccc2)c2ccccc2)C1. The summed E-state index contributed by atoms with van der Waals surface area (Å²) in [5.74, 6) is 0. The maximum absolute atomic E-state index is 9.76. The summed E-state index contributed by atoms with van der Waals surface area (Å²) in [5, 5.41) is 9.76. The summed E-state index contributed by atoms with van der Waals surface area (Å²) in [5.41, 5.74) is 2.36. The van der Waals surface area contributed by atoms with Crippen LogP contribution in [0.2, 0.25) is 0 Å². The van der Waals surface area contributed by atoms with Crippen LogP contribution in [0.5, 0.6) is 0 Å². The van der Waals surface area contributed by atoms with Gasteiger partial charge in [-0.05, 0) is 30.5 Å². The van der Waals surface area contributed by atoms with Crippen LogP contribution in [0.1, 0.15) is 30.1 Å². The number of β-amino-alcohol motifs (C(OH)–C–C–N with tert-alkyl or cyclic N) is 1. The third-order valence-corrected chi connectivity index (χ3v) is 4.38. The Bertz CT molecular complexity index is 533. The van der Waals surface area contributed by atoms with Crippen LogP contribution < -0.4 is 0 Å². The van der Waals surface area contributed by atoms with Crippen LogP contribution in [0.15, 0.2) is 60.7 Å². The van der Waals surface area contributed by atoms with Gasteiger partial charge in [-0.3, -0.25) is 4.90 Å². The molecule has 0 aliphatic carbocycles. The number of likely N-dealkylation sites (tertiary alicyclic amines) is 1. The Morgan fingerprint density at radius 3 is 2.17 bits per heavy atom. The summed E-state index contributed by atoms with van der Waals surface area (Å²) in [6.45, 7) is 3.36. The van der Waals surface area contributed by atoms with Crippen LogP contribution in [-0.2, 0) is 4.74 Å². The molecule has 1 saturated heterocycles. The second-order valence-corrected chi connectivity index (χ2v) is 6.17. The number of aliphatic hydroxyl groups is 1. The van der Waals surface area contributed by atoms with Crippen LogP contribution in [0.25, 0.3) is 0 Å². The normalized spacial score (nSPS) is 19.1. The van der Waals surface area contributed by atoms with Crippen molar-refractivity contribution in [2.75, 3.05) is 26.2 Å². The number of rotatable bonds is 6. The number of hydrogen-bond acceptors (Lipinski definition) is 3.